The van der Waals surface area contributed by atoms with Crippen molar-refractivity contribution in [2.45, 2.75) is 17.8 Å². The van der Waals surface area contributed by atoms with Gasteiger partial charge in [0.2, 0.25) is 0 Å². The maximum Gasteiger partial charge on any atom is 0.288 e. The maximum absolute atomic E-state index is 13.5. The number of ether oxygens (including phenoxy) is 2. The molecule has 0 fully saturated rings. The highest BCUT2D eigenvalue weighted by Crippen LogP contribution is 2.41. The van der Waals surface area contributed by atoms with Crippen molar-refractivity contribution in [2.75, 3.05) is 19.5 Å². The van der Waals surface area contributed by atoms with Crippen molar-refractivity contribution >= 4 is 38.1 Å². The lowest BCUT2D eigenvalue weighted by Crippen LogP contribution is -2.46. The number of hydrogen-bond donors (Lipinski definition) is 2. The smallest absolute Gasteiger partial charge is 0.288 e. The molecule has 2 heterocycles. The molecule has 0 saturated carbocycles. The van der Waals surface area contributed by atoms with Gasteiger partial charge in [-0.2, -0.15) is 8.42 Å². The van der Waals surface area contributed by atoms with Crippen molar-refractivity contribution in [3.8, 4) is 11.5 Å². The van der Waals surface area contributed by atoms with Gasteiger partial charge in [-0.05, 0) is 40.5 Å². The molecule has 0 saturated heterocycles. The lowest BCUT2D eigenvalue weighted by atomic mass is 9.99. The number of benzene rings is 3. The number of fused-ring (bicyclic) bond motifs is 3. The first kappa shape index (κ1) is 21.3. The SMILES string of the molecule is COc1cc2c(cc1OC)C(=O)N1C=C(c3ccc4ccccc4c3)C[C@H]1[C@H](S(=O)(=O)O)N2. The van der Waals surface area contributed by atoms with Gasteiger partial charge in [0.25, 0.3) is 16.0 Å². The summed E-state index contributed by atoms with van der Waals surface area (Å²) in [6.07, 6.45) is 1.92. The fraction of sp³-hybridized carbons (Fsp3) is 0.208. The van der Waals surface area contributed by atoms with Crippen molar-refractivity contribution in [3.63, 3.8) is 0 Å². The van der Waals surface area contributed by atoms with Crippen LogP contribution in [0, 0.1) is 0 Å². The van der Waals surface area contributed by atoms with E-state index in [2.05, 4.69) is 5.32 Å². The number of amides is 1. The van der Waals surface area contributed by atoms with E-state index in [0.29, 0.717) is 11.5 Å². The first-order valence-corrected chi connectivity index (χ1v) is 11.8. The zero-order valence-electron chi connectivity index (χ0n) is 18.0. The van der Waals surface area contributed by atoms with Crippen LogP contribution in [0.1, 0.15) is 22.3 Å². The number of hydrogen-bond acceptors (Lipinski definition) is 6. The molecular formula is C24H22N2O6S. The van der Waals surface area contributed by atoms with Gasteiger partial charge in [0, 0.05) is 12.3 Å². The van der Waals surface area contributed by atoms with Gasteiger partial charge < -0.3 is 19.7 Å². The lowest BCUT2D eigenvalue weighted by Gasteiger charge is -2.26. The number of rotatable bonds is 4. The Hall–Kier alpha value is -3.56. The van der Waals surface area contributed by atoms with Gasteiger partial charge >= 0.3 is 0 Å². The molecule has 33 heavy (non-hydrogen) atoms. The van der Waals surface area contributed by atoms with E-state index < -0.39 is 27.4 Å². The van der Waals surface area contributed by atoms with Gasteiger partial charge in [-0.15, -0.1) is 0 Å². The van der Waals surface area contributed by atoms with Crippen molar-refractivity contribution in [2.24, 2.45) is 0 Å². The summed E-state index contributed by atoms with van der Waals surface area (Å²) in [6, 6.07) is 16.0. The molecule has 3 aromatic rings. The standard InChI is InChI=1S/C24H22N2O6S/c1-31-21-11-18-19(12-22(21)32-2)25-23(33(28,29)30)20-10-17(13-26(20)24(18)27)16-8-7-14-5-3-4-6-15(14)9-16/h3-9,11-13,20,23,25H,10H2,1-2H3,(H,28,29,30)/t20-,23-/m0/s1. The van der Waals surface area contributed by atoms with Gasteiger partial charge in [-0.1, -0.05) is 36.4 Å². The summed E-state index contributed by atoms with van der Waals surface area (Å²) in [5.41, 5.74) is 2.16. The normalized spacial score (nSPS) is 19.9. The highest BCUT2D eigenvalue weighted by atomic mass is 32.2. The van der Waals surface area contributed by atoms with Crippen LogP contribution in [0.3, 0.4) is 0 Å². The summed E-state index contributed by atoms with van der Waals surface area (Å²) in [4.78, 5) is 14.9. The Balaban J connectivity index is 1.63. The van der Waals surface area contributed by atoms with E-state index >= 15 is 0 Å². The molecule has 1 amide bonds. The minimum Gasteiger partial charge on any atom is -0.493 e. The van der Waals surface area contributed by atoms with Gasteiger partial charge in [0.1, 0.15) is 0 Å². The minimum absolute atomic E-state index is 0.222. The molecule has 2 aliphatic heterocycles. The molecule has 0 aliphatic carbocycles. The number of anilines is 1. The van der Waals surface area contributed by atoms with E-state index in [-0.39, 0.29) is 17.7 Å². The van der Waals surface area contributed by atoms with Crippen LogP contribution in [-0.2, 0) is 10.1 Å². The van der Waals surface area contributed by atoms with E-state index in [0.717, 1.165) is 21.9 Å². The molecule has 0 bridgehead atoms. The maximum atomic E-state index is 13.5. The molecule has 2 N–H and O–H groups in total. The summed E-state index contributed by atoms with van der Waals surface area (Å²) in [5.74, 6) is 0.275. The molecule has 0 spiro atoms. The number of nitrogens with one attached hydrogen (secondary N) is 1. The summed E-state index contributed by atoms with van der Waals surface area (Å²) >= 11 is 0. The Morgan fingerprint density at radius 2 is 1.70 bits per heavy atom. The quantitative estimate of drug-likeness (QED) is 0.564. The van der Waals surface area contributed by atoms with Gasteiger partial charge in [-0.3, -0.25) is 9.35 Å². The van der Waals surface area contributed by atoms with Crippen molar-refractivity contribution < 1.29 is 27.2 Å². The Morgan fingerprint density at radius 1 is 1.00 bits per heavy atom. The average molecular weight is 467 g/mol. The highest BCUT2D eigenvalue weighted by molar-refractivity contribution is 7.86. The third kappa shape index (κ3) is 3.59. The first-order chi connectivity index (χ1) is 15.8. The van der Waals surface area contributed by atoms with Gasteiger partial charge in [-0.25, -0.2) is 0 Å². The van der Waals surface area contributed by atoms with Crippen molar-refractivity contribution in [1.29, 1.82) is 0 Å². The molecule has 2 aliphatic rings. The van der Waals surface area contributed by atoms with E-state index in [1.54, 1.807) is 6.20 Å². The molecule has 3 aromatic carbocycles. The highest BCUT2D eigenvalue weighted by Gasteiger charge is 2.45. The summed E-state index contributed by atoms with van der Waals surface area (Å²) < 4.78 is 45.4. The Morgan fingerprint density at radius 3 is 2.39 bits per heavy atom. The number of nitrogens with zero attached hydrogens (tertiary/aromatic N) is 1. The monoisotopic (exact) mass is 466 g/mol. The predicted octanol–water partition coefficient (Wildman–Crippen LogP) is 3.75. The molecule has 5 rings (SSSR count). The van der Waals surface area contributed by atoms with E-state index in [9.17, 15) is 17.8 Å². The summed E-state index contributed by atoms with van der Waals surface area (Å²) in [5, 5.41) is 3.56. The van der Waals surface area contributed by atoms with E-state index in [1.807, 2.05) is 42.5 Å². The topological polar surface area (TPSA) is 105 Å². The summed E-state index contributed by atoms with van der Waals surface area (Å²) in [7, 11) is -1.66. The van der Waals surface area contributed by atoms with Crippen LogP contribution < -0.4 is 14.8 Å². The van der Waals surface area contributed by atoms with Gasteiger partial charge in [0.15, 0.2) is 16.9 Å². The zero-order chi connectivity index (χ0) is 23.3. The third-order valence-corrected chi connectivity index (χ3v) is 7.23. The molecule has 8 nitrogen and oxygen atoms in total. The third-order valence-electron chi connectivity index (χ3n) is 6.16. The van der Waals surface area contributed by atoms with Crippen LogP contribution in [0.25, 0.3) is 16.3 Å². The second-order valence-corrected chi connectivity index (χ2v) is 9.57. The van der Waals surface area contributed by atoms with Gasteiger partial charge in [0.05, 0.1) is 31.5 Å². The second-order valence-electron chi connectivity index (χ2n) is 8.03. The van der Waals surface area contributed by atoms with Crippen LogP contribution in [0.2, 0.25) is 0 Å². The molecule has 0 aromatic heterocycles. The Kier molecular flexibility index (Phi) is 5.02. The number of methoxy groups -OCH3 is 2. The largest absolute Gasteiger partial charge is 0.493 e. The number of carbonyl (C=O) groups is 1. The molecule has 2 atom stereocenters. The van der Waals surface area contributed by atoms with Crippen molar-refractivity contribution in [3.05, 3.63) is 71.9 Å². The zero-order valence-corrected chi connectivity index (χ0v) is 18.8. The van der Waals surface area contributed by atoms with Crippen molar-refractivity contribution in [1.82, 2.24) is 4.90 Å². The van der Waals surface area contributed by atoms with Crippen LogP contribution in [0.4, 0.5) is 5.69 Å². The molecule has 0 unspecified atom stereocenters. The second kappa shape index (κ2) is 7.79. The number of carbonyl (C=O) groups excluding carboxylic acids is 1. The first-order valence-electron chi connectivity index (χ1n) is 10.3. The van der Waals surface area contributed by atoms with Crippen LogP contribution >= 0.6 is 0 Å². The van der Waals surface area contributed by atoms with Crippen LogP contribution in [0.5, 0.6) is 11.5 Å². The van der Waals surface area contributed by atoms with Crippen LogP contribution in [0.15, 0.2) is 60.8 Å². The minimum atomic E-state index is -4.56. The average Bonchev–Trinajstić information content (AvgIpc) is 3.21. The lowest BCUT2D eigenvalue weighted by molar-refractivity contribution is 0.0791. The van der Waals surface area contributed by atoms with E-state index in [4.69, 9.17) is 9.47 Å². The Labute approximate surface area is 191 Å². The predicted molar refractivity (Wildman–Crippen MR) is 125 cm³/mol. The van der Waals surface area contributed by atoms with Crippen LogP contribution in [-0.4, -0.2) is 49.4 Å². The van der Waals surface area contributed by atoms with E-state index in [1.165, 1.54) is 31.3 Å². The molecular weight excluding hydrogens is 444 g/mol. The fourth-order valence-electron chi connectivity index (χ4n) is 4.52. The molecule has 0 radical (unpaired) electrons. The molecule has 9 heteroatoms. The summed E-state index contributed by atoms with van der Waals surface area (Å²) in [6.45, 7) is 0. The Bertz CT molecular complexity index is 1420. The fourth-order valence-corrected chi connectivity index (χ4v) is 5.42. The molecule has 170 valence electrons.